The van der Waals surface area contributed by atoms with E-state index in [1.807, 2.05) is 30.3 Å². The van der Waals surface area contributed by atoms with Crippen LogP contribution >= 0.6 is 12.2 Å². The second kappa shape index (κ2) is 12.3. The molecule has 6 nitrogen and oxygen atoms in total. The van der Waals surface area contributed by atoms with Crippen molar-refractivity contribution in [2.45, 2.75) is 45.2 Å². The molecular weight excluding hydrogens is 420 g/mol. The predicted octanol–water partition coefficient (Wildman–Crippen LogP) is 4.26. The van der Waals surface area contributed by atoms with Gasteiger partial charge >= 0.3 is 0 Å². The van der Waals surface area contributed by atoms with E-state index >= 15 is 0 Å². The number of fused-ring (bicyclic) bond motifs is 1. The van der Waals surface area contributed by atoms with E-state index in [1.54, 1.807) is 4.57 Å². The zero-order chi connectivity index (χ0) is 22.8. The van der Waals surface area contributed by atoms with Crippen LogP contribution in [0.4, 0.5) is 0 Å². The average molecular weight is 453 g/mol. The molecule has 0 aliphatic heterocycles. The Morgan fingerprint density at radius 3 is 2.59 bits per heavy atom. The number of hydrogen-bond acceptors (Lipinski definition) is 4. The van der Waals surface area contributed by atoms with Crippen molar-refractivity contribution in [1.82, 2.24) is 19.8 Å². The summed E-state index contributed by atoms with van der Waals surface area (Å²) in [5, 5.41) is 3.65. The van der Waals surface area contributed by atoms with Gasteiger partial charge in [-0.1, -0.05) is 48.9 Å². The molecule has 0 fully saturated rings. The van der Waals surface area contributed by atoms with Crippen molar-refractivity contribution in [1.29, 1.82) is 0 Å². The highest BCUT2D eigenvalue weighted by Crippen LogP contribution is 2.08. The largest absolute Gasteiger partial charge is 0.356 e. The van der Waals surface area contributed by atoms with Gasteiger partial charge in [0, 0.05) is 26.1 Å². The summed E-state index contributed by atoms with van der Waals surface area (Å²) in [6, 6.07) is 17.8. The fourth-order valence-electron chi connectivity index (χ4n) is 3.77. The van der Waals surface area contributed by atoms with E-state index in [4.69, 9.17) is 12.2 Å². The van der Waals surface area contributed by atoms with Crippen LogP contribution in [-0.2, 0) is 17.9 Å². The number of carbonyl (C=O) groups is 1. The standard InChI is InChI=1S/C25H32N4O2S/c1-28(19-20-11-4-2-5-12-20)17-10-16-26-23(30)15-6-3-9-18-29-24(31)21-13-7-8-14-22(21)27-25(29)32/h2,4-5,7-8,11-14H,3,6,9-10,15-19H2,1H3,(H,26,30)(H,27,32). The highest BCUT2D eigenvalue weighted by Gasteiger charge is 2.06. The molecule has 0 unspecified atom stereocenters. The zero-order valence-corrected chi connectivity index (χ0v) is 19.5. The fraction of sp³-hybridized carbons (Fsp3) is 0.400. The number of aromatic nitrogens is 2. The van der Waals surface area contributed by atoms with Gasteiger partial charge in [0.2, 0.25) is 5.91 Å². The lowest BCUT2D eigenvalue weighted by Gasteiger charge is -2.16. The number of carbonyl (C=O) groups excluding carboxylic acids is 1. The molecule has 0 aliphatic rings. The van der Waals surface area contributed by atoms with Crippen LogP contribution in [0.5, 0.6) is 0 Å². The van der Waals surface area contributed by atoms with Crippen molar-refractivity contribution in [2.75, 3.05) is 20.1 Å². The van der Waals surface area contributed by atoms with Gasteiger partial charge in [-0.05, 0) is 62.8 Å². The van der Waals surface area contributed by atoms with E-state index < -0.39 is 0 Å². The first-order chi connectivity index (χ1) is 15.5. The number of benzene rings is 2. The normalized spacial score (nSPS) is 11.2. The summed E-state index contributed by atoms with van der Waals surface area (Å²) in [5.41, 5.74) is 2.01. The second-order valence-corrected chi connectivity index (χ2v) is 8.56. The van der Waals surface area contributed by atoms with E-state index in [2.05, 4.69) is 46.5 Å². The molecule has 2 N–H and O–H groups in total. The zero-order valence-electron chi connectivity index (χ0n) is 18.7. The fourth-order valence-corrected chi connectivity index (χ4v) is 4.06. The monoisotopic (exact) mass is 452 g/mol. The van der Waals surface area contributed by atoms with Crippen molar-refractivity contribution in [2.24, 2.45) is 0 Å². The number of aromatic amines is 1. The molecule has 2 aromatic carbocycles. The Bertz CT molecular complexity index is 1120. The topological polar surface area (TPSA) is 70.1 Å². The molecule has 1 heterocycles. The molecule has 0 bridgehead atoms. The SMILES string of the molecule is CN(CCCNC(=O)CCCCCn1c(=S)[nH]c2ccccc2c1=O)Cc1ccccc1. The Hall–Kier alpha value is -2.77. The molecule has 0 aliphatic carbocycles. The first kappa shape index (κ1) is 23.9. The molecule has 0 radical (unpaired) electrons. The van der Waals surface area contributed by atoms with Gasteiger partial charge in [0.25, 0.3) is 5.56 Å². The van der Waals surface area contributed by atoms with Crippen LogP contribution in [0.25, 0.3) is 10.9 Å². The maximum Gasteiger partial charge on any atom is 0.262 e. The Balaban J connectivity index is 1.29. The van der Waals surface area contributed by atoms with Crippen molar-refractivity contribution >= 4 is 29.0 Å². The molecule has 170 valence electrons. The molecule has 0 spiro atoms. The molecule has 0 atom stereocenters. The van der Waals surface area contributed by atoms with Gasteiger partial charge < -0.3 is 15.2 Å². The molecule has 7 heteroatoms. The number of para-hydroxylation sites is 1. The van der Waals surface area contributed by atoms with E-state index in [0.29, 0.717) is 29.7 Å². The first-order valence-corrected chi connectivity index (χ1v) is 11.7. The molecule has 3 rings (SSSR count). The summed E-state index contributed by atoms with van der Waals surface area (Å²) in [4.78, 5) is 30.1. The van der Waals surface area contributed by atoms with Gasteiger partial charge in [-0.3, -0.25) is 14.2 Å². The van der Waals surface area contributed by atoms with Crippen LogP contribution in [-0.4, -0.2) is 40.5 Å². The third-order valence-corrected chi connectivity index (χ3v) is 5.83. The third-order valence-electron chi connectivity index (χ3n) is 5.51. The lowest BCUT2D eigenvalue weighted by Crippen LogP contribution is -2.28. The molecule has 0 saturated heterocycles. The van der Waals surface area contributed by atoms with Gasteiger partial charge in [-0.25, -0.2) is 0 Å². The van der Waals surface area contributed by atoms with Gasteiger partial charge in [0.1, 0.15) is 0 Å². The van der Waals surface area contributed by atoms with E-state index in [0.717, 1.165) is 44.3 Å². The van der Waals surface area contributed by atoms with Crippen molar-refractivity contribution in [3.8, 4) is 0 Å². The quantitative estimate of drug-likeness (QED) is 0.318. The second-order valence-electron chi connectivity index (χ2n) is 8.17. The summed E-state index contributed by atoms with van der Waals surface area (Å²) in [6.07, 6.45) is 3.94. The minimum atomic E-state index is -0.0562. The van der Waals surface area contributed by atoms with Gasteiger partial charge in [0.05, 0.1) is 10.9 Å². The number of H-pyrrole nitrogens is 1. The molecule has 32 heavy (non-hydrogen) atoms. The summed E-state index contributed by atoms with van der Waals surface area (Å²) >= 11 is 5.34. The van der Waals surface area contributed by atoms with Gasteiger partial charge in [0.15, 0.2) is 4.77 Å². The maximum absolute atomic E-state index is 12.6. The number of nitrogens with one attached hydrogen (secondary N) is 2. The summed E-state index contributed by atoms with van der Waals surface area (Å²) in [7, 11) is 2.10. The lowest BCUT2D eigenvalue weighted by molar-refractivity contribution is -0.121. The molecule has 1 aromatic heterocycles. The first-order valence-electron chi connectivity index (χ1n) is 11.3. The van der Waals surface area contributed by atoms with Crippen LogP contribution in [0.1, 0.15) is 37.7 Å². The smallest absolute Gasteiger partial charge is 0.262 e. The lowest BCUT2D eigenvalue weighted by atomic mass is 10.2. The Labute approximate surface area is 194 Å². The van der Waals surface area contributed by atoms with E-state index in [1.165, 1.54) is 5.56 Å². The van der Waals surface area contributed by atoms with Gasteiger partial charge in [-0.2, -0.15) is 0 Å². The molecular formula is C25H32N4O2S. The number of hydrogen-bond donors (Lipinski definition) is 2. The van der Waals surface area contributed by atoms with E-state index in [9.17, 15) is 9.59 Å². The molecule has 0 saturated carbocycles. The Morgan fingerprint density at radius 1 is 1.03 bits per heavy atom. The maximum atomic E-state index is 12.6. The summed E-state index contributed by atoms with van der Waals surface area (Å²) in [5.74, 6) is 0.0934. The minimum absolute atomic E-state index is 0.0562. The summed E-state index contributed by atoms with van der Waals surface area (Å²) in [6.45, 7) is 3.11. The van der Waals surface area contributed by atoms with Crippen molar-refractivity contribution in [3.05, 3.63) is 75.3 Å². The minimum Gasteiger partial charge on any atom is -0.356 e. The number of nitrogens with zero attached hydrogens (tertiary/aromatic N) is 2. The highest BCUT2D eigenvalue weighted by atomic mass is 32.1. The van der Waals surface area contributed by atoms with Crippen molar-refractivity contribution < 1.29 is 4.79 Å². The van der Waals surface area contributed by atoms with Crippen LogP contribution in [0.2, 0.25) is 0 Å². The van der Waals surface area contributed by atoms with Crippen molar-refractivity contribution in [3.63, 3.8) is 0 Å². The van der Waals surface area contributed by atoms with Crippen LogP contribution in [0.15, 0.2) is 59.4 Å². The summed E-state index contributed by atoms with van der Waals surface area (Å²) < 4.78 is 2.06. The Kier molecular flexibility index (Phi) is 9.19. The predicted molar refractivity (Wildman–Crippen MR) is 132 cm³/mol. The average Bonchev–Trinajstić information content (AvgIpc) is 2.79. The van der Waals surface area contributed by atoms with Crippen LogP contribution < -0.4 is 10.9 Å². The third kappa shape index (κ3) is 7.14. The number of unbranched alkanes of at least 4 members (excludes halogenated alkanes) is 2. The van der Waals surface area contributed by atoms with Crippen LogP contribution in [0, 0.1) is 4.77 Å². The number of rotatable bonds is 12. The van der Waals surface area contributed by atoms with Gasteiger partial charge in [-0.15, -0.1) is 0 Å². The Morgan fingerprint density at radius 2 is 1.78 bits per heavy atom. The molecule has 3 aromatic rings. The molecule has 1 amide bonds. The van der Waals surface area contributed by atoms with Crippen LogP contribution in [0.3, 0.4) is 0 Å². The van der Waals surface area contributed by atoms with E-state index in [-0.39, 0.29) is 11.5 Å². The number of amides is 1. The highest BCUT2D eigenvalue weighted by molar-refractivity contribution is 7.71.